The second-order valence-corrected chi connectivity index (χ2v) is 6.05. The fraction of sp³-hybridized carbons (Fsp3) is 0.150. The van der Waals surface area contributed by atoms with Crippen LogP contribution in [0.4, 0.5) is 0 Å². The number of amides is 1. The average Bonchev–Trinajstić information content (AvgIpc) is 2.94. The van der Waals surface area contributed by atoms with E-state index in [4.69, 9.17) is 0 Å². The van der Waals surface area contributed by atoms with Crippen molar-refractivity contribution < 1.29 is 4.79 Å². The zero-order chi connectivity index (χ0) is 16.5. The molecule has 1 aliphatic rings. The van der Waals surface area contributed by atoms with Crippen LogP contribution in [0.5, 0.6) is 0 Å². The van der Waals surface area contributed by atoms with E-state index in [9.17, 15) is 4.79 Å². The maximum absolute atomic E-state index is 12.5. The molecule has 0 N–H and O–H groups in total. The van der Waals surface area contributed by atoms with Crippen molar-refractivity contribution in [2.75, 3.05) is 0 Å². The molecule has 3 aromatic rings. The Balaban J connectivity index is 1.57. The lowest BCUT2D eigenvalue weighted by molar-refractivity contribution is 0.0762. The van der Waals surface area contributed by atoms with Crippen LogP contribution in [0.25, 0.3) is 11.1 Å². The van der Waals surface area contributed by atoms with Crippen molar-refractivity contribution in [2.45, 2.75) is 20.0 Å². The summed E-state index contributed by atoms with van der Waals surface area (Å²) in [6, 6.07) is 14.2. The first-order chi connectivity index (χ1) is 11.7. The third-order valence-electron chi connectivity index (χ3n) is 4.46. The SMILES string of the molecule is Cc1cc(-c2ccncc2)ccc1CN1Cc2cccnc2C1=O. The van der Waals surface area contributed by atoms with E-state index in [0.717, 1.165) is 22.3 Å². The van der Waals surface area contributed by atoms with Crippen LogP contribution in [0.3, 0.4) is 0 Å². The third kappa shape index (κ3) is 2.56. The van der Waals surface area contributed by atoms with Crippen LogP contribution in [0.2, 0.25) is 0 Å². The van der Waals surface area contributed by atoms with Crippen molar-refractivity contribution in [2.24, 2.45) is 0 Å². The molecule has 0 radical (unpaired) electrons. The Hall–Kier alpha value is -3.01. The minimum Gasteiger partial charge on any atom is -0.329 e. The molecule has 4 nitrogen and oxygen atoms in total. The fourth-order valence-electron chi connectivity index (χ4n) is 3.12. The van der Waals surface area contributed by atoms with E-state index >= 15 is 0 Å². The van der Waals surface area contributed by atoms with Crippen molar-refractivity contribution in [3.63, 3.8) is 0 Å². The number of aromatic nitrogens is 2. The van der Waals surface area contributed by atoms with E-state index < -0.39 is 0 Å². The Bertz CT molecular complexity index is 906. The van der Waals surface area contributed by atoms with E-state index in [0.29, 0.717) is 18.8 Å². The standard InChI is InChI=1S/C20H17N3O/c1-14-11-16(15-6-9-21-10-7-15)4-5-17(14)12-23-13-18-3-2-8-22-19(18)20(23)24/h2-11H,12-13H2,1H3. The topological polar surface area (TPSA) is 46.1 Å². The summed E-state index contributed by atoms with van der Waals surface area (Å²) in [6.07, 6.45) is 5.27. The van der Waals surface area contributed by atoms with Crippen molar-refractivity contribution >= 4 is 5.91 Å². The van der Waals surface area contributed by atoms with Crippen molar-refractivity contribution in [3.05, 3.63) is 83.4 Å². The van der Waals surface area contributed by atoms with E-state index in [-0.39, 0.29) is 5.91 Å². The van der Waals surface area contributed by atoms with Gasteiger partial charge in [-0.25, -0.2) is 0 Å². The number of aryl methyl sites for hydroxylation is 1. The number of rotatable bonds is 3. The Labute approximate surface area is 140 Å². The van der Waals surface area contributed by atoms with Crippen molar-refractivity contribution in [3.8, 4) is 11.1 Å². The van der Waals surface area contributed by atoms with Gasteiger partial charge in [-0.3, -0.25) is 14.8 Å². The van der Waals surface area contributed by atoms with Gasteiger partial charge in [0.1, 0.15) is 5.69 Å². The number of pyridine rings is 2. The number of hydrogen-bond acceptors (Lipinski definition) is 3. The van der Waals surface area contributed by atoms with Gasteiger partial charge >= 0.3 is 0 Å². The maximum atomic E-state index is 12.5. The molecule has 0 fully saturated rings. The monoisotopic (exact) mass is 315 g/mol. The summed E-state index contributed by atoms with van der Waals surface area (Å²) >= 11 is 0. The van der Waals surface area contributed by atoms with Gasteiger partial charge in [-0.1, -0.05) is 24.3 Å². The van der Waals surface area contributed by atoms with Crippen LogP contribution < -0.4 is 0 Å². The number of benzene rings is 1. The minimum atomic E-state index is 0.0169. The molecule has 4 rings (SSSR count). The second kappa shape index (κ2) is 5.89. The highest BCUT2D eigenvalue weighted by molar-refractivity contribution is 5.96. The van der Waals surface area contributed by atoms with Crippen molar-refractivity contribution in [1.29, 1.82) is 0 Å². The van der Waals surface area contributed by atoms with Gasteiger partial charge < -0.3 is 4.90 Å². The quantitative estimate of drug-likeness (QED) is 0.742. The molecule has 1 amide bonds. The highest BCUT2D eigenvalue weighted by atomic mass is 16.2. The summed E-state index contributed by atoms with van der Waals surface area (Å²) in [5.74, 6) is 0.0169. The highest BCUT2D eigenvalue weighted by Gasteiger charge is 2.28. The summed E-state index contributed by atoms with van der Waals surface area (Å²) in [5.41, 5.74) is 6.25. The first-order valence-corrected chi connectivity index (χ1v) is 7.95. The Kier molecular flexibility index (Phi) is 3.58. The van der Waals surface area contributed by atoms with Gasteiger partial charge in [0.2, 0.25) is 0 Å². The lowest BCUT2D eigenvalue weighted by Crippen LogP contribution is -2.24. The molecule has 0 aliphatic carbocycles. The Morgan fingerprint density at radius 1 is 1.04 bits per heavy atom. The molecule has 3 heterocycles. The van der Waals surface area contributed by atoms with Gasteiger partial charge in [0.05, 0.1) is 0 Å². The van der Waals surface area contributed by atoms with E-state index in [1.807, 2.05) is 29.2 Å². The van der Waals surface area contributed by atoms with Crippen LogP contribution in [0.15, 0.2) is 61.1 Å². The van der Waals surface area contributed by atoms with Gasteiger partial charge in [0.25, 0.3) is 5.91 Å². The van der Waals surface area contributed by atoms with Gasteiger partial charge in [-0.15, -0.1) is 0 Å². The van der Waals surface area contributed by atoms with Crippen LogP contribution in [-0.2, 0) is 13.1 Å². The summed E-state index contributed by atoms with van der Waals surface area (Å²) in [7, 11) is 0. The van der Waals surface area contributed by atoms with Gasteiger partial charge in [-0.2, -0.15) is 0 Å². The van der Waals surface area contributed by atoms with Gasteiger partial charge in [0, 0.05) is 37.2 Å². The van der Waals surface area contributed by atoms with E-state index in [1.54, 1.807) is 18.6 Å². The largest absolute Gasteiger partial charge is 0.329 e. The lowest BCUT2D eigenvalue weighted by Gasteiger charge is -2.17. The average molecular weight is 315 g/mol. The summed E-state index contributed by atoms with van der Waals surface area (Å²) in [5, 5.41) is 0. The van der Waals surface area contributed by atoms with Gasteiger partial charge in [-0.05, 0) is 47.4 Å². The number of nitrogens with zero attached hydrogens (tertiary/aromatic N) is 3. The molecule has 0 saturated carbocycles. The highest BCUT2D eigenvalue weighted by Crippen LogP contribution is 2.26. The normalized spacial score (nSPS) is 13.2. The lowest BCUT2D eigenvalue weighted by atomic mass is 10.0. The maximum Gasteiger partial charge on any atom is 0.273 e. The zero-order valence-electron chi connectivity index (χ0n) is 13.4. The number of carbonyl (C=O) groups is 1. The molecule has 118 valence electrons. The Morgan fingerprint density at radius 3 is 2.62 bits per heavy atom. The minimum absolute atomic E-state index is 0.0169. The third-order valence-corrected chi connectivity index (χ3v) is 4.46. The van der Waals surface area contributed by atoms with Crippen LogP contribution in [0.1, 0.15) is 27.2 Å². The predicted molar refractivity (Wildman–Crippen MR) is 92.2 cm³/mol. The van der Waals surface area contributed by atoms with Crippen LogP contribution in [-0.4, -0.2) is 20.8 Å². The molecule has 1 aromatic carbocycles. The van der Waals surface area contributed by atoms with Crippen molar-refractivity contribution in [1.82, 2.24) is 14.9 Å². The zero-order valence-corrected chi connectivity index (χ0v) is 13.4. The van der Waals surface area contributed by atoms with E-state index in [1.165, 1.54) is 5.56 Å². The molecule has 1 aliphatic heterocycles. The molecule has 2 aromatic heterocycles. The first kappa shape index (κ1) is 14.6. The van der Waals surface area contributed by atoms with E-state index in [2.05, 4.69) is 35.1 Å². The molecular formula is C20H17N3O. The molecule has 0 saturated heterocycles. The molecule has 0 unspecified atom stereocenters. The first-order valence-electron chi connectivity index (χ1n) is 7.95. The number of carbonyl (C=O) groups excluding carboxylic acids is 1. The number of fused-ring (bicyclic) bond motifs is 1. The summed E-state index contributed by atoms with van der Waals surface area (Å²) in [4.78, 5) is 22.6. The molecule has 24 heavy (non-hydrogen) atoms. The summed E-state index contributed by atoms with van der Waals surface area (Å²) in [6.45, 7) is 3.33. The molecule has 0 bridgehead atoms. The second-order valence-electron chi connectivity index (χ2n) is 6.05. The number of hydrogen-bond donors (Lipinski definition) is 0. The van der Waals surface area contributed by atoms with Gasteiger partial charge in [0.15, 0.2) is 0 Å². The molecular weight excluding hydrogens is 298 g/mol. The predicted octanol–water partition coefficient (Wildman–Crippen LogP) is 3.61. The fourth-order valence-corrected chi connectivity index (χ4v) is 3.12. The Morgan fingerprint density at radius 2 is 1.88 bits per heavy atom. The molecule has 0 atom stereocenters. The van der Waals surface area contributed by atoms with Crippen LogP contribution in [0, 0.1) is 6.92 Å². The molecule has 0 spiro atoms. The smallest absolute Gasteiger partial charge is 0.273 e. The van der Waals surface area contributed by atoms with Crippen LogP contribution >= 0.6 is 0 Å². The summed E-state index contributed by atoms with van der Waals surface area (Å²) < 4.78 is 0. The molecule has 4 heteroatoms.